The van der Waals surface area contributed by atoms with Gasteiger partial charge in [-0.05, 0) is 42.7 Å². The maximum Gasteiger partial charge on any atom is 0.248 e. The SMILES string of the molecule is O=C1CNC[C@H](C(=O)Nc2ccc(CCc3ccccn3)cc2)N1. The third-order valence-electron chi connectivity index (χ3n) is 3.90. The molecule has 0 aliphatic carbocycles. The van der Waals surface area contributed by atoms with Crippen molar-refractivity contribution in [3.8, 4) is 0 Å². The second kappa shape index (κ2) is 7.70. The Morgan fingerprint density at radius 3 is 2.71 bits per heavy atom. The van der Waals surface area contributed by atoms with E-state index in [1.54, 1.807) is 6.20 Å². The highest BCUT2D eigenvalue weighted by molar-refractivity contribution is 5.98. The van der Waals surface area contributed by atoms with Gasteiger partial charge in [-0.15, -0.1) is 0 Å². The normalized spacial score (nSPS) is 17.2. The van der Waals surface area contributed by atoms with Crippen molar-refractivity contribution in [2.45, 2.75) is 18.9 Å². The molecule has 3 N–H and O–H groups in total. The van der Waals surface area contributed by atoms with E-state index >= 15 is 0 Å². The van der Waals surface area contributed by atoms with Gasteiger partial charge >= 0.3 is 0 Å². The molecule has 124 valence electrons. The number of amides is 2. The third-order valence-corrected chi connectivity index (χ3v) is 3.90. The summed E-state index contributed by atoms with van der Waals surface area (Å²) in [5, 5.41) is 8.41. The average molecular weight is 324 g/mol. The van der Waals surface area contributed by atoms with Gasteiger partial charge in [0.25, 0.3) is 0 Å². The van der Waals surface area contributed by atoms with Crippen molar-refractivity contribution in [1.29, 1.82) is 0 Å². The molecule has 1 aromatic heterocycles. The van der Waals surface area contributed by atoms with Crippen LogP contribution in [0.3, 0.4) is 0 Å². The van der Waals surface area contributed by atoms with Crippen LogP contribution < -0.4 is 16.0 Å². The van der Waals surface area contributed by atoms with Crippen molar-refractivity contribution in [2.24, 2.45) is 0 Å². The lowest BCUT2D eigenvalue weighted by atomic mass is 10.1. The zero-order valence-electron chi connectivity index (χ0n) is 13.3. The lowest BCUT2D eigenvalue weighted by Gasteiger charge is -2.23. The summed E-state index contributed by atoms with van der Waals surface area (Å²) in [5.41, 5.74) is 2.98. The van der Waals surface area contributed by atoms with Gasteiger partial charge in [-0.1, -0.05) is 18.2 Å². The van der Waals surface area contributed by atoms with E-state index in [4.69, 9.17) is 0 Å². The molecule has 2 amide bonds. The number of carbonyl (C=O) groups is 2. The van der Waals surface area contributed by atoms with Crippen molar-refractivity contribution in [2.75, 3.05) is 18.4 Å². The summed E-state index contributed by atoms with van der Waals surface area (Å²) in [6, 6.07) is 13.1. The lowest BCUT2D eigenvalue weighted by molar-refractivity contribution is -0.127. The topological polar surface area (TPSA) is 83.1 Å². The van der Waals surface area contributed by atoms with Gasteiger partial charge in [0.15, 0.2) is 0 Å². The summed E-state index contributed by atoms with van der Waals surface area (Å²) in [6.07, 6.45) is 3.58. The van der Waals surface area contributed by atoms with E-state index in [0.717, 1.165) is 24.2 Å². The standard InChI is InChI=1S/C18H20N4O2/c23-17-12-19-11-16(22-17)18(24)21-15-8-5-13(6-9-15)4-7-14-3-1-2-10-20-14/h1-3,5-6,8-10,16,19H,4,7,11-12H2,(H,21,24)(H,22,23)/t16-/m1/s1. The molecular weight excluding hydrogens is 304 g/mol. The molecular formula is C18H20N4O2. The number of rotatable bonds is 5. The summed E-state index contributed by atoms with van der Waals surface area (Å²) < 4.78 is 0. The number of hydrogen-bond donors (Lipinski definition) is 3. The van der Waals surface area contributed by atoms with Gasteiger partial charge in [-0.3, -0.25) is 14.6 Å². The maximum atomic E-state index is 12.1. The van der Waals surface area contributed by atoms with Gasteiger partial charge in [0, 0.05) is 24.1 Å². The summed E-state index contributed by atoms with van der Waals surface area (Å²) >= 11 is 0. The quantitative estimate of drug-likeness (QED) is 0.763. The fraction of sp³-hybridized carbons (Fsp3) is 0.278. The van der Waals surface area contributed by atoms with E-state index in [0.29, 0.717) is 6.54 Å². The summed E-state index contributed by atoms with van der Waals surface area (Å²) in [7, 11) is 0. The first-order chi connectivity index (χ1) is 11.7. The Bertz CT molecular complexity index is 701. The van der Waals surface area contributed by atoms with E-state index in [-0.39, 0.29) is 18.4 Å². The molecule has 2 aromatic rings. The van der Waals surface area contributed by atoms with Crippen LogP contribution in [0.4, 0.5) is 5.69 Å². The number of anilines is 1. The number of nitrogens with one attached hydrogen (secondary N) is 3. The Labute approximate surface area is 140 Å². The summed E-state index contributed by atoms with van der Waals surface area (Å²) in [6.45, 7) is 0.703. The van der Waals surface area contributed by atoms with Crippen molar-refractivity contribution in [3.63, 3.8) is 0 Å². The maximum absolute atomic E-state index is 12.1. The van der Waals surface area contributed by atoms with Crippen LogP contribution in [-0.2, 0) is 22.4 Å². The van der Waals surface area contributed by atoms with Crippen LogP contribution in [0, 0.1) is 0 Å². The van der Waals surface area contributed by atoms with Crippen LogP contribution in [-0.4, -0.2) is 35.9 Å². The van der Waals surface area contributed by atoms with Crippen LogP contribution in [0.25, 0.3) is 0 Å². The van der Waals surface area contributed by atoms with E-state index in [1.165, 1.54) is 5.56 Å². The number of aromatic nitrogens is 1. The molecule has 6 nitrogen and oxygen atoms in total. The largest absolute Gasteiger partial charge is 0.342 e. The second-order valence-corrected chi connectivity index (χ2v) is 5.76. The van der Waals surface area contributed by atoms with Gasteiger partial charge in [0.05, 0.1) is 6.54 Å². The van der Waals surface area contributed by atoms with Crippen LogP contribution in [0.1, 0.15) is 11.3 Å². The van der Waals surface area contributed by atoms with Crippen LogP contribution >= 0.6 is 0 Å². The number of hydrogen-bond acceptors (Lipinski definition) is 4. The monoisotopic (exact) mass is 324 g/mol. The molecule has 1 aromatic carbocycles. The fourth-order valence-corrected chi connectivity index (χ4v) is 2.59. The van der Waals surface area contributed by atoms with E-state index in [2.05, 4.69) is 20.9 Å². The molecule has 3 rings (SSSR count). The van der Waals surface area contributed by atoms with Crippen molar-refractivity contribution < 1.29 is 9.59 Å². The molecule has 24 heavy (non-hydrogen) atoms. The predicted molar refractivity (Wildman–Crippen MR) is 91.5 cm³/mol. The number of benzene rings is 1. The molecule has 1 atom stereocenters. The smallest absolute Gasteiger partial charge is 0.248 e. The van der Waals surface area contributed by atoms with Crippen LogP contribution in [0.5, 0.6) is 0 Å². The number of piperazine rings is 1. The number of aryl methyl sites for hydroxylation is 2. The first-order valence-corrected chi connectivity index (χ1v) is 8.00. The van der Waals surface area contributed by atoms with Crippen molar-refractivity contribution >= 4 is 17.5 Å². The molecule has 0 spiro atoms. The van der Waals surface area contributed by atoms with Crippen LogP contribution in [0.15, 0.2) is 48.7 Å². The zero-order chi connectivity index (χ0) is 16.8. The minimum absolute atomic E-state index is 0.161. The summed E-state index contributed by atoms with van der Waals surface area (Å²) in [5.74, 6) is -0.372. The fourth-order valence-electron chi connectivity index (χ4n) is 2.59. The molecule has 0 radical (unpaired) electrons. The number of carbonyl (C=O) groups excluding carboxylic acids is 2. The molecule has 1 aliphatic heterocycles. The van der Waals surface area contributed by atoms with Gasteiger partial charge in [-0.2, -0.15) is 0 Å². The Kier molecular flexibility index (Phi) is 5.18. The molecule has 0 unspecified atom stereocenters. The molecule has 1 aliphatic rings. The molecule has 6 heteroatoms. The Hall–Kier alpha value is -2.73. The van der Waals surface area contributed by atoms with Gasteiger partial charge in [0.2, 0.25) is 11.8 Å². The predicted octanol–water partition coefficient (Wildman–Crippen LogP) is 0.893. The number of pyridine rings is 1. The first-order valence-electron chi connectivity index (χ1n) is 8.00. The van der Waals surface area contributed by atoms with Gasteiger partial charge < -0.3 is 16.0 Å². The minimum atomic E-state index is -0.532. The molecule has 2 heterocycles. The second-order valence-electron chi connectivity index (χ2n) is 5.76. The van der Waals surface area contributed by atoms with Gasteiger partial charge in [0.1, 0.15) is 6.04 Å². The third kappa shape index (κ3) is 4.39. The zero-order valence-corrected chi connectivity index (χ0v) is 13.3. The number of nitrogens with zero attached hydrogens (tertiary/aromatic N) is 1. The summed E-state index contributed by atoms with van der Waals surface area (Å²) in [4.78, 5) is 27.8. The minimum Gasteiger partial charge on any atom is -0.342 e. The Morgan fingerprint density at radius 2 is 2.00 bits per heavy atom. The lowest BCUT2D eigenvalue weighted by Crippen LogP contribution is -2.57. The first kappa shape index (κ1) is 16.1. The molecule has 0 saturated carbocycles. The van der Waals surface area contributed by atoms with Crippen molar-refractivity contribution in [1.82, 2.24) is 15.6 Å². The van der Waals surface area contributed by atoms with Gasteiger partial charge in [-0.25, -0.2) is 0 Å². The van der Waals surface area contributed by atoms with E-state index in [9.17, 15) is 9.59 Å². The van der Waals surface area contributed by atoms with E-state index < -0.39 is 6.04 Å². The van der Waals surface area contributed by atoms with Crippen molar-refractivity contribution in [3.05, 3.63) is 59.9 Å². The molecule has 1 saturated heterocycles. The highest BCUT2D eigenvalue weighted by atomic mass is 16.2. The van der Waals surface area contributed by atoms with E-state index in [1.807, 2.05) is 42.5 Å². The van der Waals surface area contributed by atoms with Crippen LogP contribution in [0.2, 0.25) is 0 Å². The Morgan fingerprint density at radius 1 is 1.17 bits per heavy atom. The highest BCUT2D eigenvalue weighted by Crippen LogP contribution is 2.12. The average Bonchev–Trinajstić information content (AvgIpc) is 2.62. The molecule has 0 bridgehead atoms. The Balaban J connectivity index is 1.52. The highest BCUT2D eigenvalue weighted by Gasteiger charge is 2.24. The molecule has 1 fully saturated rings.